The lowest BCUT2D eigenvalue weighted by Gasteiger charge is -2.24. The first kappa shape index (κ1) is 17.8. The van der Waals surface area contributed by atoms with Crippen molar-refractivity contribution in [3.8, 4) is 0 Å². The minimum absolute atomic E-state index is 0.274. The van der Waals surface area contributed by atoms with Gasteiger partial charge in [-0.15, -0.1) is 0 Å². The smallest absolute Gasteiger partial charge is 0.382 e. The normalized spacial score (nSPS) is 14.2. The highest BCUT2D eigenvalue weighted by molar-refractivity contribution is 9.10. The first-order valence-electron chi connectivity index (χ1n) is 6.12. The molecule has 0 fully saturated rings. The summed E-state index contributed by atoms with van der Waals surface area (Å²) in [6.45, 7) is -0.179. The molecule has 0 saturated heterocycles. The first-order chi connectivity index (χ1) is 9.65. The van der Waals surface area contributed by atoms with Gasteiger partial charge in [0, 0.05) is 37.5 Å². The van der Waals surface area contributed by atoms with E-state index in [4.69, 9.17) is 5.11 Å². The highest BCUT2D eigenvalue weighted by Gasteiger charge is 2.38. The van der Waals surface area contributed by atoms with Crippen LogP contribution in [0.3, 0.4) is 0 Å². The van der Waals surface area contributed by atoms with Gasteiger partial charge in [-0.25, -0.2) is 0 Å². The number of hydrogen-bond donors (Lipinski definition) is 2. The molecule has 9 heteroatoms. The van der Waals surface area contributed by atoms with E-state index in [2.05, 4.69) is 26.2 Å². The number of aliphatic hydroxyl groups is 1. The molecule has 2 N–H and O–H groups in total. The van der Waals surface area contributed by atoms with Crippen LogP contribution in [0.2, 0.25) is 0 Å². The van der Waals surface area contributed by atoms with Gasteiger partial charge in [0.15, 0.2) is 12.1 Å². The Kier molecular flexibility index (Phi) is 6.09. The molecule has 1 unspecified atom stereocenters. The molecule has 21 heavy (non-hydrogen) atoms. The van der Waals surface area contributed by atoms with Gasteiger partial charge < -0.3 is 19.9 Å². The van der Waals surface area contributed by atoms with Crippen LogP contribution in [0, 0.1) is 0 Å². The van der Waals surface area contributed by atoms with E-state index in [-0.39, 0.29) is 5.96 Å². The molecule has 0 radical (unpaired) electrons. The minimum Gasteiger partial charge on any atom is -0.382 e. The number of rotatable bonds is 4. The molecule has 0 aromatic carbocycles. The average Bonchev–Trinajstić information content (AvgIpc) is 2.67. The Balaban J connectivity index is 2.62. The third-order valence-corrected chi connectivity index (χ3v) is 3.31. The van der Waals surface area contributed by atoms with Crippen molar-refractivity contribution >= 4 is 21.9 Å². The number of aliphatic imine (C=N–C) groups is 1. The Hall–Kier alpha value is -1.22. The number of alkyl halides is 3. The van der Waals surface area contributed by atoms with Crippen molar-refractivity contribution in [3.63, 3.8) is 0 Å². The van der Waals surface area contributed by atoms with Gasteiger partial charge in [0.1, 0.15) is 0 Å². The summed E-state index contributed by atoms with van der Waals surface area (Å²) >= 11 is 3.36. The van der Waals surface area contributed by atoms with Gasteiger partial charge in [0.25, 0.3) is 0 Å². The van der Waals surface area contributed by atoms with Gasteiger partial charge in [0.05, 0.1) is 13.1 Å². The van der Waals surface area contributed by atoms with Crippen LogP contribution in [-0.2, 0) is 13.6 Å². The fraction of sp³-hybridized carbons (Fsp3) is 0.583. The monoisotopic (exact) mass is 370 g/mol. The van der Waals surface area contributed by atoms with Crippen LogP contribution in [0.5, 0.6) is 0 Å². The molecule has 1 atom stereocenters. The predicted molar refractivity (Wildman–Crippen MR) is 78.0 cm³/mol. The summed E-state index contributed by atoms with van der Waals surface area (Å²) < 4.78 is 39.6. The molecule has 1 heterocycles. The van der Waals surface area contributed by atoms with Gasteiger partial charge in [-0.1, -0.05) is 0 Å². The second kappa shape index (κ2) is 7.17. The molecule has 0 aliphatic rings. The number of hydrogen-bond acceptors (Lipinski definition) is 2. The van der Waals surface area contributed by atoms with Crippen molar-refractivity contribution in [2.75, 3.05) is 20.6 Å². The van der Waals surface area contributed by atoms with Gasteiger partial charge in [-0.3, -0.25) is 4.99 Å². The Bertz CT molecular complexity index is 501. The molecule has 0 bridgehead atoms. The fourth-order valence-corrected chi connectivity index (χ4v) is 2.30. The van der Waals surface area contributed by atoms with Gasteiger partial charge in [0.2, 0.25) is 0 Å². The van der Waals surface area contributed by atoms with E-state index in [0.717, 1.165) is 10.2 Å². The van der Waals surface area contributed by atoms with E-state index >= 15 is 0 Å². The summed E-state index contributed by atoms with van der Waals surface area (Å²) in [6.07, 6.45) is -5.19. The maximum absolute atomic E-state index is 12.3. The van der Waals surface area contributed by atoms with Gasteiger partial charge >= 0.3 is 6.18 Å². The van der Waals surface area contributed by atoms with E-state index in [9.17, 15) is 13.2 Å². The maximum atomic E-state index is 12.3. The van der Waals surface area contributed by atoms with Crippen molar-refractivity contribution in [3.05, 3.63) is 22.4 Å². The zero-order chi connectivity index (χ0) is 16.2. The van der Waals surface area contributed by atoms with Crippen LogP contribution in [0.25, 0.3) is 0 Å². The molecule has 0 saturated carbocycles. The third-order valence-electron chi connectivity index (χ3n) is 2.88. The van der Waals surface area contributed by atoms with Crippen LogP contribution in [0.1, 0.15) is 5.69 Å². The second-order valence-corrected chi connectivity index (χ2v) is 5.52. The molecule has 1 aromatic rings. The zero-order valence-electron chi connectivity index (χ0n) is 11.9. The van der Waals surface area contributed by atoms with Crippen molar-refractivity contribution in [1.29, 1.82) is 0 Å². The summed E-state index contributed by atoms with van der Waals surface area (Å²) in [5, 5.41) is 11.5. The number of aliphatic hydroxyl groups excluding tert-OH is 1. The predicted octanol–water partition coefficient (Wildman–Crippen LogP) is 1.72. The quantitative estimate of drug-likeness (QED) is 0.626. The minimum atomic E-state index is -4.65. The highest BCUT2D eigenvalue weighted by atomic mass is 79.9. The number of guanidine groups is 1. The Morgan fingerprint density at radius 2 is 2.19 bits per heavy atom. The Morgan fingerprint density at radius 3 is 2.62 bits per heavy atom. The van der Waals surface area contributed by atoms with Gasteiger partial charge in [-0.2, -0.15) is 13.2 Å². The Morgan fingerprint density at radius 1 is 1.57 bits per heavy atom. The molecule has 0 aliphatic heterocycles. The van der Waals surface area contributed by atoms with Crippen LogP contribution in [0.15, 0.2) is 21.7 Å². The molecule has 1 aromatic heterocycles. The number of aromatic nitrogens is 1. The summed E-state index contributed by atoms with van der Waals surface area (Å²) in [6, 6.07) is 1.91. The SMILES string of the molecule is CN=C(NCC(O)C(F)(F)F)N(C)Cc1cc(Br)cn1C. The highest BCUT2D eigenvalue weighted by Crippen LogP contribution is 2.19. The molecule has 0 spiro atoms. The summed E-state index contributed by atoms with van der Waals surface area (Å²) in [5.74, 6) is 0.274. The van der Waals surface area contributed by atoms with Crippen LogP contribution < -0.4 is 5.32 Å². The fourth-order valence-electron chi connectivity index (χ4n) is 1.73. The number of halogens is 4. The molecule has 5 nitrogen and oxygen atoms in total. The van der Waals surface area contributed by atoms with E-state index in [1.165, 1.54) is 7.05 Å². The zero-order valence-corrected chi connectivity index (χ0v) is 13.5. The first-order valence-corrected chi connectivity index (χ1v) is 6.91. The lowest BCUT2D eigenvalue weighted by molar-refractivity contribution is -0.201. The number of nitrogens with zero attached hydrogens (tertiary/aromatic N) is 3. The van der Waals surface area contributed by atoms with E-state index in [0.29, 0.717) is 6.54 Å². The van der Waals surface area contributed by atoms with Crippen molar-refractivity contribution in [2.24, 2.45) is 12.0 Å². The summed E-state index contributed by atoms with van der Waals surface area (Å²) in [7, 11) is 5.05. The number of aryl methyl sites for hydroxylation is 1. The second-order valence-electron chi connectivity index (χ2n) is 4.60. The van der Waals surface area contributed by atoms with Crippen LogP contribution >= 0.6 is 15.9 Å². The topological polar surface area (TPSA) is 52.8 Å². The standard InChI is InChI=1S/C12H18BrF3N4O/c1-17-11(18-5-10(21)12(14,15)16)20(3)7-9-4-8(13)6-19(9)2/h4,6,10,21H,5,7H2,1-3H3,(H,17,18). The van der Waals surface area contributed by atoms with Crippen molar-refractivity contribution in [2.45, 2.75) is 18.8 Å². The van der Waals surface area contributed by atoms with E-state index < -0.39 is 18.8 Å². The average molecular weight is 371 g/mol. The third kappa shape index (κ3) is 5.24. The molecular weight excluding hydrogens is 353 g/mol. The van der Waals surface area contributed by atoms with Crippen LogP contribution in [-0.4, -0.2) is 53.5 Å². The largest absolute Gasteiger partial charge is 0.416 e. The lowest BCUT2D eigenvalue weighted by atomic mass is 10.3. The van der Waals surface area contributed by atoms with Gasteiger partial charge in [-0.05, 0) is 22.0 Å². The lowest BCUT2D eigenvalue weighted by Crippen LogP contribution is -2.45. The number of nitrogens with one attached hydrogen (secondary N) is 1. The molecule has 1 rings (SSSR count). The van der Waals surface area contributed by atoms with Crippen LogP contribution in [0.4, 0.5) is 13.2 Å². The van der Waals surface area contributed by atoms with Crippen molar-refractivity contribution in [1.82, 2.24) is 14.8 Å². The molecule has 120 valence electrons. The summed E-state index contributed by atoms with van der Waals surface area (Å²) in [4.78, 5) is 5.58. The summed E-state index contributed by atoms with van der Waals surface area (Å²) in [5.41, 5.74) is 0.962. The molecular formula is C12H18BrF3N4O. The van der Waals surface area contributed by atoms with E-state index in [1.807, 2.05) is 23.9 Å². The molecule has 0 amide bonds. The van der Waals surface area contributed by atoms with E-state index in [1.54, 1.807) is 11.9 Å². The Labute approximate surface area is 129 Å². The maximum Gasteiger partial charge on any atom is 0.416 e. The van der Waals surface area contributed by atoms with Crippen molar-refractivity contribution < 1.29 is 18.3 Å². The molecule has 0 aliphatic carbocycles.